The zero-order valence-electron chi connectivity index (χ0n) is 20.3. The van der Waals surface area contributed by atoms with Crippen molar-refractivity contribution in [2.45, 2.75) is 38.7 Å². The number of nitrogens with zero attached hydrogens (tertiary/aromatic N) is 3. The molecule has 2 aromatic carbocycles. The summed E-state index contributed by atoms with van der Waals surface area (Å²) in [6, 6.07) is 13.6. The smallest absolute Gasteiger partial charge is 0.255 e. The Bertz CT molecular complexity index is 1310. The lowest BCUT2D eigenvalue weighted by Gasteiger charge is -2.26. The Kier molecular flexibility index (Phi) is 7.25. The summed E-state index contributed by atoms with van der Waals surface area (Å²) in [5, 5.41) is 7.29. The molecule has 0 saturated carbocycles. The standard InChI is InChI=1S/C25H30N4O5S/c1-17(2)34-24-10-9-22(35(31,32)28-11-13-33-14-12-28)16-23(24)26-25(30)20-5-7-21(8-6-20)29-19(4)15-18(3)27-29/h5-10,15-17H,11-14H2,1-4H3,(H,26,30). The summed E-state index contributed by atoms with van der Waals surface area (Å²) in [5.74, 6) is 0.0213. The van der Waals surface area contributed by atoms with E-state index in [9.17, 15) is 13.2 Å². The van der Waals surface area contributed by atoms with Gasteiger partial charge in [0.2, 0.25) is 10.0 Å². The van der Waals surface area contributed by atoms with Crippen LogP contribution in [-0.2, 0) is 14.8 Å². The minimum atomic E-state index is -3.73. The molecule has 9 nitrogen and oxygen atoms in total. The monoisotopic (exact) mass is 498 g/mol. The highest BCUT2D eigenvalue weighted by Crippen LogP contribution is 2.31. The molecular weight excluding hydrogens is 468 g/mol. The Balaban J connectivity index is 1.60. The molecule has 186 valence electrons. The Morgan fingerprint density at radius 3 is 2.34 bits per heavy atom. The zero-order valence-corrected chi connectivity index (χ0v) is 21.1. The van der Waals surface area contributed by atoms with Gasteiger partial charge in [-0.1, -0.05) is 0 Å². The van der Waals surface area contributed by atoms with Crippen LogP contribution in [-0.4, -0.2) is 60.8 Å². The van der Waals surface area contributed by atoms with E-state index in [-0.39, 0.29) is 30.0 Å². The Morgan fingerprint density at radius 2 is 1.74 bits per heavy atom. The quantitative estimate of drug-likeness (QED) is 0.535. The molecule has 3 aromatic rings. The van der Waals surface area contributed by atoms with Gasteiger partial charge in [-0.3, -0.25) is 4.79 Å². The summed E-state index contributed by atoms with van der Waals surface area (Å²) in [6.45, 7) is 8.90. The van der Waals surface area contributed by atoms with Gasteiger partial charge in [-0.05, 0) is 76.2 Å². The van der Waals surface area contributed by atoms with Gasteiger partial charge in [0.25, 0.3) is 5.91 Å². The molecule has 4 rings (SSSR count). The van der Waals surface area contributed by atoms with Crippen molar-refractivity contribution >= 4 is 21.6 Å². The van der Waals surface area contributed by atoms with Crippen LogP contribution in [0.3, 0.4) is 0 Å². The van der Waals surface area contributed by atoms with E-state index in [0.717, 1.165) is 17.1 Å². The fourth-order valence-electron chi connectivity index (χ4n) is 3.90. The van der Waals surface area contributed by atoms with Crippen LogP contribution < -0.4 is 10.1 Å². The number of aromatic nitrogens is 2. The summed E-state index contributed by atoms with van der Waals surface area (Å²) in [4.78, 5) is 13.2. The molecule has 0 aliphatic carbocycles. The Hall–Kier alpha value is -3.21. The second-order valence-electron chi connectivity index (χ2n) is 8.68. The van der Waals surface area contributed by atoms with Crippen LogP contribution in [0.4, 0.5) is 5.69 Å². The summed E-state index contributed by atoms with van der Waals surface area (Å²) < 4.78 is 40.6. The molecule has 1 aliphatic rings. The van der Waals surface area contributed by atoms with Crippen molar-refractivity contribution in [3.05, 3.63) is 65.5 Å². The average Bonchev–Trinajstić information content (AvgIpc) is 3.18. The van der Waals surface area contributed by atoms with Gasteiger partial charge in [0, 0.05) is 24.3 Å². The highest BCUT2D eigenvalue weighted by molar-refractivity contribution is 7.89. The number of rotatable bonds is 7. The van der Waals surface area contributed by atoms with E-state index < -0.39 is 10.0 Å². The van der Waals surface area contributed by atoms with Crippen LogP contribution in [0.1, 0.15) is 35.6 Å². The second kappa shape index (κ2) is 10.2. The molecule has 0 spiro atoms. The number of hydrogen-bond acceptors (Lipinski definition) is 6. The van der Waals surface area contributed by atoms with Gasteiger partial charge in [0.1, 0.15) is 5.75 Å². The Morgan fingerprint density at radius 1 is 1.06 bits per heavy atom. The maximum Gasteiger partial charge on any atom is 0.255 e. The van der Waals surface area contributed by atoms with Crippen LogP contribution in [0.2, 0.25) is 0 Å². The van der Waals surface area contributed by atoms with E-state index in [4.69, 9.17) is 9.47 Å². The number of carbonyl (C=O) groups excluding carboxylic acids is 1. The topological polar surface area (TPSA) is 103 Å². The van der Waals surface area contributed by atoms with Gasteiger partial charge in [-0.2, -0.15) is 9.40 Å². The van der Waals surface area contributed by atoms with Crippen LogP contribution in [0.15, 0.2) is 53.4 Å². The van der Waals surface area contributed by atoms with Crippen molar-refractivity contribution in [3.63, 3.8) is 0 Å². The van der Waals surface area contributed by atoms with E-state index in [0.29, 0.717) is 30.2 Å². The number of carbonyl (C=O) groups is 1. The largest absolute Gasteiger partial charge is 0.489 e. The van der Waals surface area contributed by atoms with Crippen molar-refractivity contribution in [1.82, 2.24) is 14.1 Å². The van der Waals surface area contributed by atoms with Crippen LogP contribution in [0, 0.1) is 13.8 Å². The number of sulfonamides is 1. The van der Waals surface area contributed by atoms with Gasteiger partial charge < -0.3 is 14.8 Å². The molecule has 2 heterocycles. The fraction of sp³-hybridized carbons (Fsp3) is 0.360. The molecule has 1 saturated heterocycles. The van der Waals surface area contributed by atoms with Gasteiger partial charge in [-0.25, -0.2) is 13.1 Å². The van der Waals surface area contributed by atoms with E-state index in [1.165, 1.54) is 16.4 Å². The number of hydrogen-bond donors (Lipinski definition) is 1. The average molecular weight is 499 g/mol. The van der Waals surface area contributed by atoms with E-state index in [2.05, 4.69) is 10.4 Å². The van der Waals surface area contributed by atoms with E-state index in [1.807, 2.05) is 50.6 Å². The summed E-state index contributed by atoms with van der Waals surface area (Å²) >= 11 is 0. The SMILES string of the molecule is Cc1cc(C)n(-c2ccc(C(=O)Nc3cc(S(=O)(=O)N4CCOCC4)ccc3OC(C)C)cc2)n1. The first-order valence-electron chi connectivity index (χ1n) is 11.5. The summed E-state index contributed by atoms with van der Waals surface area (Å²) in [7, 11) is -3.73. The molecule has 0 radical (unpaired) electrons. The lowest BCUT2D eigenvalue weighted by Crippen LogP contribution is -2.40. The number of benzene rings is 2. The highest BCUT2D eigenvalue weighted by atomic mass is 32.2. The maximum absolute atomic E-state index is 13.1. The lowest BCUT2D eigenvalue weighted by atomic mass is 10.2. The number of aryl methyl sites for hydroxylation is 2. The van der Waals surface area contributed by atoms with Crippen LogP contribution in [0.25, 0.3) is 5.69 Å². The van der Waals surface area contributed by atoms with E-state index >= 15 is 0 Å². The molecule has 1 N–H and O–H groups in total. The van der Waals surface area contributed by atoms with Gasteiger partial charge in [0.15, 0.2) is 0 Å². The van der Waals surface area contributed by atoms with Crippen molar-refractivity contribution in [2.75, 3.05) is 31.6 Å². The first kappa shape index (κ1) is 24.9. The number of amides is 1. The molecule has 0 unspecified atom stereocenters. The zero-order chi connectivity index (χ0) is 25.2. The normalized spacial score (nSPS) is 14.8. The first-order valence-corrected chi connectivity index (χ1v) is 12.9. The fourth-order valence-corrected chi connectivity index (χ4v) is 5.33. The summed E-state index contributed by atoms with van der Waals surface area (Å²) in [6.07, 6.45) is -0.160. The van der Waals surface area contributed by atoms with Gasteiger partial charge in [0.05, 0.1) is 41.3 Å². The third kappa shape index (κ3) is 5.55. The molecule has 0 bridgehead atoms. The number of anilines is 1. The summed E-state index contributed by atoms with van der Waals surface area (Å²) in [5.41, 5.74) is 3.46. The Labute approximate surface area is 205 Å². The highest BCUT2D eigenvalue weighted by Gasteiger charge is 2.27. The van der Waals surface area contributed by atoms with Gasteiger partial charge >= 0.3 is 0 Å². The predicted molar refractivity (Wildman–Crippen MR) is 133 cm³/mol. The van der Waals surface area contributed by atoms with Crippen molar-refractivity contribution < 1.29 is 22.7 Å². The number of morpholine rings is 1. The van der Waals surface area contributed by atoms with Crippen molar-refractivity contribution in [1.29, 1.82) is 0 Å². The minimum Gasteiger partial charge on any atom is -0.489 e. The van der Waals surface area contributed by atoms with Gasteiger partial charge in [-0.15, -0.1) is 0 Å². The van der Waals surface area contributed by atoms with Crippen molar-refractivity contribution in [3.8, 4) is 11.4 Å². The number of nitrogens with one attached hydrogen (secondary N) is 1. The molecule has 1 aromatic heterocycles. The molecular formula is C25H30N4O5S. The maximum atomic E-state index is 13.1. The molecule has 1 fully saturated rings. The lowest BCUT2D eigenvalue weighted by molar-refractivity contribution is 0.0730. The van der Waals surface area contributed by atoms with Crippen LogP contribution in [0.5, 0.6) is 5.75 Å². The third-order valence-electron chi connectivity index (χ3n) is 5.55. The molecule has 1 aliphatic heterocycles. The molecule has 0 atom stereocenters. The second-order valence-corrected chi connectivity index (χ2v) is 10.6. The number of ether oxygens (including phenoxy) is 2. The van der Waals surface area contributed by atoms with Crippen molar-refractivity contribution in [2.24, 2.45) is 0 Å². The van der Waals surface area contributed by atoms with Crippen LogP contribution >= 0.6 is 0 Å². The molecule has 10 heteroatoms. The minimum absolute atomic E-state index is 0.0886. The first-order chi connectivity index (χ1) is 16.6. The molecule has 35 heavy (non-hydrogen) atoms. The third-order valence-corrected chi connectivity index (χ3v) is 7.45. The predicted octanol–water partition coefficient (Wildman–Crippen LogP) is 3.55. The molecule has 1 amide bonds. The van der Waals surface area contributed by atoms with E-state index in [1.54, 1.807) is 18.2 Å².